The van der Waals surface area contributed by atoms with Gasteiger partial charge in [-0.3, -0.25) is 4.90 Å². The van der Waals surface area contributed by atoms with E-state index in [-0.39, 0.29) is 18.1 Å². The van der Waals surface area contributed by atoms with Crippen LogP contribution in [0.15, 0.2) is 4.52 Å². The summed E-state index contributed by atoms with van der Waals surface area (Å²) < 4.78 is 5.50. The minimum absolute atomic E-state index is 0.0142. The maximum Gasteiger partial charge on any atom is 0.232 e. The smallest absolute Gasteiger partial charge is 0.232 e. The molecule has 21 heavy (non-hydrogen) atoms. The van der Waals surface area contributed by atoms with Gasteiger partial charge in [-0.2, -0.15) is 4.98 Å². The molecule has 1 saturated heterocycles. The van der Waals surface area contributed by atoms with E-state index in [1.165, 1.54) is 6.42 Å². The second-order valence-electron chi connectivity index (χ2n) is 6.56. The van der Waals surface area contributed by atoms with E-state index in [4.69, 9.17) is 4.52 Å². The molecule has 3 unspecified atom stereocenters. The van der Waals surface area contributed by atoms with Gasteiger partial charge in [0.2, 0.25) is 5.89 Å². The Bertz CT molecular complexity index is 448. The van der Waals surface area contributed by atoms with Crippen molar-refractivity contribution in [3.05, 3.63) is 11.7 Å². The number of nitrogens with zero attached hydrogens (tertiary/aromatic N) is 4. The first-order valence-corrected chi connectivity index (χ1v) is 8.05. The summed E-state index contributed by atoms with van der Waals surface area (Å²) in [5.41, 5.74) is 0. The van der Waals surface area contributed by atoms with Crippen LogP contribution >= 0.6 is 0 Å². The second kappa shape index (κ2) is 6.42. The molecule has 6 nitrogen and oxygen atoms in total. The van der Waals surface area contributed by atoms with Crippen LogP contribution in [0, 0.1) is 0 Å². The van der Waals surface area contributed by atoms with Crippen LogP contribution in [-0.4, -0.2) is 64.9 Å². The average Bonchev–Trinajstić information content (AvgIpc) is 2.84. The molecule has 1 aromatic rings. The highest BCUT2D eigenvalue weighted by Crippen LogP contribution is 2.32. The number of likely N-dealkylation sites (N-methyl/N-ethyl adjacent to an activating group) is 2. The Morgan fingerprint density at radius 2 is 1.95 bits per heavy atom. The van der Waals surface area contributed by atoms with Crippen molar-refractivity contribution >= 4 is 0 Å². The lowest BCUT2D eigenvalue weighted by atomic mass is 9.97. The molecule has 0 bridgehead atoms. The van der Waals surface area contributed by atoms with Crippen molar-refractivity contribution in [3.8, 4) is 0 Å². The van der Waals surface area contributed by atoms with Crippen LogP contribution in [0.5, 0.6) is 0 Å². The molecule has 1 aliphatic carbocycles. The van der Waals surface area contributed by atoms with E-state index in [9.17, 15) is 5.11 Å². The molecule has 0 aromatic carbocycles. The van der Waals surface area contributed by atoms with E-state index in [1.54, 1.807) is 0 Å². The summed E-state index contributed by atoms with van der Waals surface area (Å²) in [6.07, 6.45) is 4.86. The Kier molecular flexibility index (Phi) is 4.57. The summed E-state index contributed by atoms with van der Waals surface area (Å²) in [7, 11) is 4.23. The first-order chi connectivity index (χ1) is 10.1. The third kappa shape index (κ3) is 3.27. The Morgan fingerprint density at radius 1 is 1.14 bits per heavy atom. The Morgan fingerprint density at radius 3 is 2.81 bits per heavy atom. The number of piperazine rings is 1. The second-order valence-corrected chi connectivity index (χ2v) is 6.56. The van der Waals surface area contributed by atoms with Crippen LogP contribution < -0.4 is 0 Å². The third-order valence-electron chi connectivity index (χ3n) is 4.90. The normalized spacial score (nSPS) is 33.0. The monoisotopic (exact) mass is 294 g/mol. The van der Waals surface area contributed by atoms with Crippen LogP contribution in [0.4, 0.5) is 0 Å². The zero-order valence-electron chi connectivity index (χ0n) is 13.0. The zero-order valence-corrected chi connectivity index (χ0v) is 13.0. The first-order valence-electron chi connectivity index (χ1n) is 8.05. The van der Waals surface area contributed by atoms with Crippen molar-refractivity contribution in [1.29, 1.82) is 0 Å². The molecule has 3 atom stereocenters. The molecule has 2 fully saturated rings. The van der Waals surface area contributed by atoms with E-state index in [0.717, 1.165) is 51.1 Å². The quantitative estimate of drug-likeness (QED) is 0.832. The van der Waals surface area contributed by atoms with Gasteiger partial charge in [-0.05, 0) is 26.9 Å². The number of aliphatic hydroxyl groups is 1. The molecule has 2 aliphatic rings. The van der Waals surface area contributed by atoms with Crippen LogP contribution in [-0.2, 0) is 0 Å². The highest BCUT2D eigenvalue weighted by atomic mass is 16.5. The number of rotatable bonds is 2. The van der Waals surface area contributed by atoms with Gasteiger partial charge in [-0.15, -0.1) is 0 Å². The van der Waals surface area contributed by atoms with Gasteiger partial charge in [0.25, 0.3) is 0 Å². The lowest BCUT2D eigenvalue weighted by Gasteiger charge is -2.35. The predicted octanol–water partition coefficient (Wildman–Crippen LogP) is 1.40. The van der Waals surface area contributed by atoms with Crippen LogP contribution in [0.3, 0.4) is 0 Å². The minimum atomic E-state index is -0.340. The van der Waals surface area contributed by atoms with Crippen molar-refractivity contribution < 1.29 is 9.63 Å². The summed E-state index contributed by atoms with van der Waals surface area (Å²) in [4.78, 5) is 9.20. The molecule has 0 amide bonds. The molecule has 1 aromatic heterocycles. The molecular weight excluding hydrogens is 268 g/mol. The number of hydrogen-bond donors (Lipinski definition) is 1. The van der Waals surface area contributed by atoms with Gasteiger partial charge in [0.15, 0.2) is 5.82 Å². The zero-order chi connectivity index (χ0) is 14.8. The average molecular weight is 294 g/mol. The number of aromatic nitrogens is 2. The number of aliphatic hydroxyl groups excluding tert-OH is 1. The third-order valence-corrected chi connectivity index (χ3v) is 4.90. The molecular formula is C15H26N4O2. The fraction of sp³-hybridized carbons (Fsp3) is 0.867. The van der Waals surface area contributed by atoms with Crippen molar-refractivity contribution in [1.82, 2.24) is 19.9 Å². The van der Waals surface area contributed by atoms with Crippen molar-refractivity contribution in [2.45, 2.75) is 50.2 Å². The van der Waals surface area contributed by atoms with Crippen molar-refractivity contribution in [2.75, 3.05) is 33.7 Å². The maximum atomic E-state index is 10.3. The highest BCUT2D eigenvalue weighted by Gasteiger charge is 2.32. The molecule has 3 rings (SSSR count). The fourth-order valence-corrected chi connectivity index (χ4v) is 3.40. The predicted molar refractivity (Wildman–Crippen MR) is 79.0 cm³/mol. The van der Waals surface area contributed by atoms with E-state index in [1.807, 2.05) is 0 Å². The van der Waals surface area contributed by atoms with Crippen LogP contribution in [0.25, 0.3) is 0 Å². The van der Waals surface area contributed by atoms with Gasteiger partial charge < -0.3 is 14.5 Å². The summed E-state index contributed by atoms with van der Waals surface area (Å²) in [5, 5.41) is 14.5. The fourth-order valence-electron chi connectivity index (χ4n) is 3.40. The molecule has 1 N–H and O–H groups in total. The summed E-state index contributed by atoms with van der Waals surface area (Å²) in [5.74, 6) is 1.40. The lowest BCUT2D eigenvalue weighted by molar-refractivity contribution is 0.107. The molecule has 6 heteroatoms. The Balaban J connectivity index is 1.75. The van der Waals surface area contributed by atoms with E-state index < -0.39 is 0 Å². The van der Waals surface area contributed by atoms with E-state index in [0.29, 0.717) is 5.89 Å². The Hall–Kier alpha value is -0.980. The molecule has 0 radical (unpaired) electrons. The van der Waals surface area contributed by atoms with E-state index >= 15 is 0 Å². The standard InChI is InChI=1S/C15H26N4O2/c1-18-8-9-19(2)12(10-18)14-16-15(21-17-14)11-6-4-3-5-7-13(11)20/h11-13,20H,3-10H2,1-2H3. The van der Waals surface area contributed by atoms with E-state index in [2.05, 4.69) is 34.0 Å². The van der Waals surface area contributed by atoms with Gasteiger partial charge in [-0.1, -0.05) is 24.4 Å². The minimum Gasteiger partial charge on any atom is -0.392 e. The summed E-state index contributed by atoms with van der Waals surface area (Å²) >= 11 is 0. The van der Waals surface area contributed by atoms with Gasteiger partial charge >= 0.3 is 0 Å². The lowest BCUT2D eigenvalue weighted by Crippen LogP contribution is -2.45. The summed E-state index contributed by atoms with van der Waals surface area (Å²) in [6, 6.07) is 0.184. The Labute approximate surface area is 126 Å². The maximum absolute atomic E-state index is 10.3. The van der Waals surface area contributed by atoms with Crippen molar-refractivity contribution in [2.24, 2.45) is 0 Å². The molecule has 1 aliphatic heterocycles. The number of hydrogen-bond acceptors (Lipinski definition) is 6. The van der Waals surface area contributed by atoms with Crippen LogP contribution in [0.1, 0.15) is 55.8 Å². The molecule has 0 spiro atoms. The topological polar surface area (TPSA) is 65.6 Å². The van der Waals surface area contributed by atoms with Crippen molar-refractivity contribution in [3.63, 3.8) is 0 Å². The summed E-state index contributed by atoms with van der Waals surface area (Å²) in [6.45, 7) is 3.00. The largest absolute Gasteiger partial charge is 0.392 e. The first kappa shape index (κ1) is 14.9. The van der Waals surface area contributed by atoms with Gasteiger partial charge in [0.05, 0.1) is 18.1 Å². The van der Waals surface area contributed by atoms with Gasteiger partial charge in [0, 0.05) is 19.6 Å². The van der Waals surface area contributed by atoms with Gasteiger partial charge in [0.1, 0.15) is 0 Å². The molecule has 2 heterocycles. The molecule has 118 valence electrons. The highest BCUT2D eigenvalue weighted by molar-refractivity contribution is 5.03. The SMILES string of the molecule is CN1CCN(C)C(c2noc(C3CCCCCC3O)n2)C1. The van der Waals surface area contributed by atoms with Gasteiger partial charge in [-0.25, -0.2) is 0 Å². The molecule has 1 saturated carbocycles. The van der Waals surface area contributed by atoms with Crippen LogP contribution in [0.2, 0.25) is 0 Å².